The molecule has 0 saturated carbocycles. The van der Waals surface area contributed by atoms with Gasteiger partial charge in [0.05, 0.1) is 23.0 Å². The summed E-state index contributed by atoms with van der Waals surface area (Å²) in [6.45, 7) is -0.248. The number of alkyl halides is 3. The van der Waals surface area contributed by atoms with Gasteiger partial charge in [-0.05, 0) is 29.5 Å². The summed E-state index contributed by atoms with van der Waals surface area (Å²) >= 11 is 0. The predicted octanol–water partition coefficient (Wildman–Crippen LogP) is 2.37. The standard InChI is InChI=1S/C12H15F4N3O2/c13-12(14,15)8-2-1-3-9(11(8)17)19(18)10-5-4-7(21-10)6-20-16/h1-3,7,10H,4-6,17-18H2. The molecule has 0 aliphatic carbocycles. The summed E-state index contributed by atoms with van der Waals surface area (Å²) in [5.41, 5.74) is 4.13. The first-order chi connectivity index (χ1) is 9.84. The number of ether oxygens (including phenoxy) is 1. The van der Waals surface area contributed by atoms with Gasteiger partial charge in [0.2, 0.25) is 0 Å². The Balaban J connectivity index is 2.19. The van der Waals surface area contributed by atoms with E-state index < -0.39 is 29.8 Å². The minimum atomic E-state index is -4.57. The maximum Gasteiger partial charge on any atom is 0.418 e. The number of benzene rings is 1. The second-order valence-electron chi connectivity index (χ2n) is 4.71. The molecule has 5 nitrogen and oxygen atoms in total. The Hall–Kier alpha value is -1.58. The van der Waals surface area contributed by atoms with E-state index >= 15 is 0 Å². The van der Waals surface area contributed by atoms with Gasteiger partial charge in [0.1, 0.15) is 12.8 Å². The van der Waals surface area contributed by atoms with Crippen LogP contribution in [0.15, 0.2) is 18.2 Å². The van der Waals surface area contributed by atoms with Crippen molar-refractivity contribution < 1.29 is 27.4 Å². The van der Waals surface area contributed by atoms with Gasteiger partial charge < -0.3 is 10.5 Å². The summed E-state index contributed by atoms with van der Waals surface area (Å²) < 4.78 is 55.6. The van der Waals surface area contributed by atoms with Crippen molar-refractivity contribution in [2.75, 3.05) is 17.3 Å². The van der Waals surface area contributed by atoms with E-state index in [9.17, 15) is 17.7 Å². The smallest absolute Gasteiger partial charge is 0.397 e. The Bertz CT molecular complexity index is 498. The second kappa shape index (κ2) is 6.04. The van der Waals surface area contributed by atoms with E-state index in [1.54, 1.807) is 0 Å². The van der Waals surface area contributed by atoms with Crippen LogP contribution in [0.25, 0.3) is 0 Å². The highest BCUT2D eigenvalue weighted by Crippen LogP contribution is 2.38. The minimum absolute atomic E-state index is 0.0108. The molecule has 4 N–H and O–H groups in total. The third kappa shape index (κ3) is 3.36. The Kier molecular flexibility index (Phi) is 4.55. The molecule has 1 heterocycles. The van der Waals surface area contributed by atoms with Crippen LogP contribution < -0.4 is 16.6 Å². The van der Waals surface area contributed by atoms with Gasteiger partial charge in [0.25, 0.3) is 0 Å². The average molecular weight is 309 g/mol. The molecule has 2 atom stereocenters. The van der Waals surface area contributed by atoms with Gasteiger partial charge in [-0.3, -0.25) is 5.01 Å². The highest BCUT2D eigenvalue weighted by atomic mass is 19.4. The van der Waals surface area contributed by atoms with Crippen LogP contribution in [0, 0.1) is 0 Å². The van der Waals surface area contributed by atoms with Crippen LogP contribution in [-0.4, -0.2) is 18.9 Å². The summed E-state index contributed by atoms with van der Waals surface area (Å²) in [5, 5.41) is 1.03. The first kappa shape index (κ1) is 15.8. The summed E-state index contributed by atoms with van der Waals surface area (Å²) in [5.74, 6) is 5.80. The normalized spacial score (nSPS) is 22.5. The lowest BCUT2D eigenvalue weighted by molar-refractivity contribution is -0.163. The summed E-state index contributed by atoms with van der Waals surface area (Å²) in [4.78, 5) is 3.49. The molecule has 1 aliphatic rings. The summed E-state index contributed by atoms with van der Waals surface area (Å²) in [6, 6.07) is 3.46. The number of para-hydroxylation sites is 1. The third-order valence-electron chi connectivity index (χ3n) is 3.31. The fourth-order valence-corrected chi connectivity index (χ4v) is 2.26. The molecule has 118 valence electrons. The zero-order valence-electron chi connectivity index (χ0n) is 10.9. The second-order valence-corrected chi connectivity index (χ2v) is 4.71. The lowest BCUT2D eigenvalue weighted by Gasteiger charge is -2.27. The molecule has 0 aromatic heterocycles. The molecule has 1 fully saturated rings. The van der Waals surface area contributed by atoms with E-state index in [-0.39, 0.29) is 12.3 Å². The fourth-order valence-electron chi connectivity index (χ4n) is 2.26. The third-order valence-corrected chi connectivity index (χ3v) is 3.31. The molecule has 9 heteroatoms. The van der Waals surface area contributed by atoms with Crippen LogP contribution in [0.5, 0.6) is 0 Å². The molecule has 2 unspecified atom stereocenters. The number of nitrogen functional groups attached to an aromatic ring is 1. The lowest BCUT2D eigenvalue weighted by Crippen LogP contribution is -2.42. The monoisotopic (exact) mass is 309 g/mol. The maximum atomic E-state index is 12.8. The van der Waals surface area contributed by atoms with Crippen molar-refractivity contribution in [1.29, 1.82) is 0 Å². The zero-order chi connectivity index (χ0) is 15.6. The largest absolute Gasteiger partial charge is 0.418 e. The molecule has 1 saturated heterocycles. The Morgan fingerprint density at radius 2 is 2.05 bits per heavy atom. The van der Waals surface area contributed by atoms with Crippen LogP contribution >= 0.6 is 0 Å². The van der Waals surface area contributed by atoms with E-state index in [0.717, 1.165) is 11.1 Å². The van der Waals surface area contributed by atoms with Gasteiger partial charge in [0.15, 0.2) is 0 Å². The number of anilines is 2. The Labute approximate surface area is 118 Å². The Morgan fingerprint density at radius 3 is 2.67 bits per heavy atom. The quantitative estimate of drug-likeness (QED) is 0.387. The molecule has 21 heavy (non-hydrogen) atoms. The number of nitrogens with two attached hydrogens (primary N) is 2. The Morgan fingerprint density at radius 1 is 1.33 bits per heavy atom. The maximum absolute atomic E-state index is 12.8. The molecular weight excluding hydrogens is 294 g/mol. The number of rotatable bonds is 4. The van der Waals surface area contributed by atoms with Crippen molar-refractivity contribution in [2.24, 2.45) is 5.84 Å². The highest BCUT2D eigenvalue weighted by Gasteiger charge is 2.36. The number of nitrogens with zero attached hydrogens (tertiary/aromatic N) is 1. The van der Waals surface area contributed by atoms with Gasteiger partial charge in [-0.15, -0.1) is 0 Å². The predicted molar refractivity (Wildman–Crippen MR) is 67.5 cm³/mol. The van der Waals surface area contributed by atoms with E-state index in [1.807, 2.05) is 0 Å². The molecule has 0 bridgehead atoms. The summed E-state index contributed by atoms with van der Waals surface area (Å²) in [6.07, 6.45) is -4.82. The summed E-state index contributed by atoms with van der Waals surface area (Å²) in [7, 11) is 0. The molecule has 1 aromatic carbocycles. The van der Waals surface area contributed by atoms with Crippen LogP contribution in [0.4, 0.5) is 29.1 Å². The first-order valence-corrected chi connectivity index (χ1v) is 6.23. The van der Waals surface area contributed by atoms with Gasteiger partial charge >= 0.3 is 6.18 Å². The van der Waals surface area contributed by atoms with Gasteiger partial charge in [-0.25, -0.2) is 5.84 Å². The molecule has 1 aromatic rings. The van der Waals surface area contributed by atoms with Gasteiger partial charge in [0, 0.05) is 0 Å². The molecule has 2 rings (SSSR count). The topological polar surface area (TPSA) is 73.7 Å². The van der Waals surface area contributed by atoms with Gasteiger partial charge in [-0.1, -0.05) is 6.07 Å². The van der Waals surface area contributed by atoms with Crippen molar-refractivity contribution in [3.05, 3.63) is 23.8 Å². The zero-order valence-corrected chi connectivity index (χ0v) is 10.9. The van der Waals surface area contributed by atoms with Gasteiger partial charge in [-0.2, -0.15) is 18.1 Å². The van der Waals surface area contributed by atoms with Crippen LogP contribution in [0.1, 0.15) is 18.4 Å². The lowest BCUT2D eigenvalue weighted by atomic mass is 10.1. The molecule has 0 amide bonds. The number of halogens is 4. The van der Waals surface area contributed by atoms with Crippen molar-refractivity contribution in [3.63, 3.8) is 0 Å². The molecular formula is C12H15F4N3O2. The van der Waals surface area contributed by atoms with Crippen molar-refractivity contribution in [2.45, 2.75) is 31.3 Å². The molecule has 0 spiro atoms. The minimum Gasteiger partial charge on any atom is -0.397 e. The van der Waals surface area contributed by atoms with Crippen molar-refractivity contribution in [1.82, 2.24) is 0 Å². The van der Waals surface area contributed by atoms with E-state index in [0.29, 0.717) is 12.8 Å². The average Bonchev–Trinajstić information content (AvgIpc) is 2.86. The molecule has 1 aliphatic heterocycles. The van der Waals surface area contributed by atoms with Crippen LogP contribution in [0.3, 0.4) is 0 Å². The van der Waals surface area contributed by atoms with E-state index in [1.165, 1.54) is 12.1 Å². The number of hydrogen-bond donors (Lipinski definition) is 2. The van der Waals surface area contributed by atoms with Crippen LogP contribution in [-0.2, 0) is 15.9 Å². The van der Waals surface area contributed by atoms with Crippen molar-refractivity contribution >= 4 is 11.4 Å². The first-order valence-electron chi connectivity index (χ1n) is 6.23. The fraction of sp³-hybridized carbons (Fsp3) is 0.500. The highest BCUT2D eigenvalue weighted by molar-refractivity contribution is 5.71. The number of hydrogen-bond acceptors (Lipinski definition) is 5. The van der Waals surface area contributed by atoms with E-state index in [4.69, 9.17) is 16.3 Å². The van der Waals surface area contributed by atoms with E-state index in [2.05, 4.69) is 4.94 Å². The van der Waals surface area contributed by atoms with Crippen molar-refractivity contribution in [3.8, 4) is 0 Å². The van der Waals surface area contributed by atoms with Crippen LogP contribution in [0.2, 0.25) is 0 Å². The molecule has 0 radical (unpaired) electrons. The number of hydrazine groups is 1. The SMILES string of the molecule is Nc1c(N(N)C2CCC(COF)O2)cccc1C(F)(F)F.